The van der Waals surface area contributed by atoms with E-state index >= 15 is 0 Å². The Balaban J connectivity index is 2.54. The van der Waals surface area contributed by atoms with Crippen LogP contribution in [0.15, 0.2) is 36.6 Å². The van der Waals surface area contributed by atoms with E-state index in [2.05, 4.69) is 0 Å². The van der Waals surface area contributed by atoms with Crippen molar-refractivity contribution in [3.8, 4) is 11.5 Å². The van der Waals surface area contributed by atoms with E-state index in [1.165, 1.54) is 12.3 Å². The summed E-state index contributed by atoms with van der Waals surface area (Å²) in [6.45, 7) is -0.0177. The monoisotopic (exact) mass is 180 g/mol. The summed E-state index contributed by atoms with van der Waals surface area (Å²) in [6.07, 6.45) is 2.96. The molecule has 0 amide bonds. The summed E-state index contributed by atoms with van der Waals surface area (Å²) in [7, 11) is 1.61. The van der Waals surface area contributed by atoms with Crippen LogP contribution in [0.4, 0.5) is 0 Å². The third-order valence-corrected chi connectivity index (χ3v) is 1.47. The summed E-state index contributed by atoms with van der Waals surface area (Å²) in [6, 6.07) is 7.20. The summed E-state index contributed by atoms with van der Waals surface area (Å²) in [4.78, 5) is 0. The average molecular weight is 180 g/mol. The van der Waals surface area contributed by atoms with E-state index in [0.717, 1.165) is 5.75 Å². The van der Waals surface area contributed by atoms with E-state index in [1.54, 1.807) is 19.2 Å². The van der Waals surface area contributed by atoms with Crippen molar-refractivity contribution >= 4 is 0 Å². The lowest BCUT2D eigenvalue weighted by Gasteiger charge is -2.01. The molecule has 0 aliphatic carbocycles. The fourth-order valence-corrected chi connectivity index (χ4v) is 0.824. The normalized spacial score (nSPS) is 10.3. The van der Waals surface area contributed by atoms with E-state index in [9.17, 15) is 0 Å². The number of hydrogen-bond donors (Lipinski definition) is 1. The topological polar surface area (TPSA) is 38.7 Å². The molecule has 1 rings (SSSR count). The van der Waals surface area contributed by atoms with Crippen LogP contribution in [-0.2, 0) is 0 Å². The van der Waals surface area contributed by atoms with Crippen LogP contribution in [-0.4, -0.2) is 18.8 Å². The van der Waals surface area contributed by atoms with Crippen molar-refractivity contribution in [2.75, 3.05) is 13.7 Å². The van der Waals surface area contributed by atoms with Crippen LogP contribution in [0, 0.1) is 0 Å². The fraction of sp³-hybridized carbons (Fsp3) is 0.200. The van der Waals surface area contributed by atoms with Gasteiger partial charge in [0.1, 0.15) is 11.5 Å². The lowest BCUT2D eigenvalue weighted by molar-refractivity contribution is 0.337. The van der Waals surface area contributed by atoms with Gasteiger partial charge in [-0.2, -0.15) is 0 Å². The Kier molecular flexibility index (Phi) is 3.85. The maximum absolute atomic E-state index is 8.44. The van der Waals surface area contributed by atoms with Gasteiger partial charge in [0, 0.05) is 0 Å². The summed E-state index contributed by atoms with van der Waals surface area (Å²) in [5.74, 6) is 1.50. The van der Waals surface area contributed by atoms with Gasteiger partial charge < -0.3 is 14.6 Å². The Bertz CT molecular complexity index is 264. The molecule has 0 aliphatic rings. The first-order valence-corrected chi connectivity index (χ1v) is 3.93. The standard InChI is InChI=1S/C10H12O3/c1-12-9-3-5-10(6-4-9)13-8-2-7-11/h2-6,8,11H,7H2,1H3/b8-2-. The molecule has 0 heterocycles. The number of hydrogen-bond acceptors (Lipinski definition) is 3. The van der Waals surface area contributed by atoms with Gasteiger partial charge in [-0.05, 0) is 30.3 Å². The third kappa shape index (κ3) is 3.17. The molecule has 0 saturated carbocycles. The maximum atomic E-state index is 8.44. The van der Waals surface area contributed by atoms with Gasteiger partial charge in [-0.3, -0.25) is 0 Å². The molecular weight excluding hydrogens is 168 g/mol. The summed E-state index contributed by atoms with van der Waals surface area (Å²) >= 11 is 0. The first-order chi connectivity index (χ1) is 6.36. The smallest absolute Gasteiger partial charge is 0.126 e. The minimum atomic E-state index is -0.0177. The lowest BCUT2D eigenvalue weighted by atomic mass is 10.3. The minimum absolute atomic E-state index is 0.0177. The van der Waals surface area contributed by atoms with Crippen LogP contribution < -0.4 is 9.47 Å². The molecule has 0 saturated heterocycles. The third-order valence-electron chi connectivity index (χ3n) is 1.47. The minimum Gasteiger partial charge on any atom is -0.497 e. The van der Waals surface area contributed by atoms with Crippen molar-refractivity contribution < 1.29 is 14.6 Å². The van der Waals surface area contributed by atoms with Crippen LogP contribution in [0.3, 0.4) is 0 Å². The molecule has 0 aromatic heterocycles. The zero-order chi connectivity index (χ0) is 9.52. The highest BCUT2D eigenvalue weighted by molar-refractivity contribution is 5.31. The highest BCUT2D eigenvalue weighted by Crippen LogP contribution is 2.16. The van der Waals surface area contributed by atoms with Crippen molar-refractivity contribution in [3.63, 3.8) is 0 Å². The van der Waals surface area contributed by atoms with Crippen molar-refractivity contribution in [1.29, 1.82) is 0 Å². The molecule has 1 aromatic carbocycles. The Morgan fingerprint density at radius 3 is 2.38 bits per heavy atom. The van der Waals surface area contributed by atoms with Crippen molar-refractivity contribution in [3.05, 3.63) is 36.6 Å². The summed E-state index contributed by atoms with van der Waals surface area (Å²) < 4.78 is 10.1. The van der Waals surface area contributed by atoms with Gasteiger partial charge in [0.05, 0.1) is 20.0 Å². The predicted molar refractivity (Wildman–Crippen MR) is 49.8 cm³/mol. The molecule has 0 fully saturated rings. The van der Waals surface area contributed by atoms with Crippen molar-refractivity contribution in [1.82, 2.24) is 0 Å². The Morgan fingerprint density at radius 2 is 1.85 bits per heavy atom. The van der Waals surface area contributed by atoms with Gasteiger partial charge in [-0.1, -0.05) is 0 Å². The van der Waals surface area contributed by atoms with E-state index in [1.807, 2.05) is 12.1 Å². The quantitative estimate of drug-likeness (QED) is 0.715. The summed E-state index contributed by atoms with van der Waals surface area (Å²) in [5.41, 5.74) is 0. The molecule has 3 nitrogen and oxygen atoms in total. The van der Waals surface area contributed by atoms with Gasteiger partial charge in [0.2, 0.25) is 0 Å². The van der Waals surface area contributed by atoms with Gasteiger partial charge in [0.15, 0.2) is 0 Å². The molecule has 0 aliphatic heterocycles. The zero-order valence-electron chi connectivity index (χ0n) is 7.43. The highest BCUT2D eigenvalue weighted by Gasteiger charge is 1.91. The van der Waals surface area contributed by atoms with Crippen molar-refractivity contribution in [2.45, 2.75) is 0 Å². The molecule has 70 valence electrons. The van der Waals surface area contributed by atoms with E-state index in [-0.39, 0.29) is 6.61 Å². The second kappa shape index (κ2) is 5.22. The molecule has 3 heteroatoms. The number of ether oxygens (including phenoxy) is 2. The van der Waals surface area contributed by atoms with E-state index in [0.29, 0.717) is 5.75 Å². The maximum Gasteiger partial charge on any atom is 0.126 e. The van der Waals surface area contributed by atoms with Crippen LogP contribution in [0.1, 0.15) is 0 Å². The molecule has 0 bridgehead atoms. The Hall–Kier alpha value is -1.48. The summed E-state index contributed by atoms with van der Waals surface area (Å²) in [5, 5.41) is 8.44. The van der Waals surface area contributed by atoms with Crippen molar-refractivity contribution in [2.24, 2.45) is 0 Å². The van der Waals surface area contributed by atoms with Gasteiger partial charge in [-0.15, -0.1) is 0 Å². The molecule has 0 atom stereocenters. The average Bonchev–Trinajstić information content (AvgIpc) is 2.19. The van der Waals surface area contributed by atoms with Crippen LogP contribution >= 0.6 is 0 Å². The van der Waals surface area contributed by atoms with E-state index < -0.39 is 0 Å². The van der Waals surface area contributed by atoms with Crippen LogP contribution in [0.2, 0.25) is 0 Å². The number of aliphatic hydroxyl groups is 1. The zero-order valence-corrected chi connectivity index (χ0v) is 7.43. The molecular formula is C10H12O3. The number of methoxy groups -OCH3 is 1. The number of aliphatic hydroxyl groups excluding tert-OH is 1. The first kappa shape index (κ1) is 9.61. The second-order valence-corrected chi connectivity index (χ2v) is 2.35. The van der Waals surface area contributed by atoms with Crippen LogP contribution in [0.25, 0.3) is 0 Å². The number of rotatable bonds is 4. The van der Waals surface area contributed by atoms with Gasteiger partial charge >= 0.3 is 0 Å². The molecule has 1 N–H and O–H groups in total. The first-order valence-electron chi connectivity index (χ1n) is 3.93. The van der Waals surface area contributed by atoms with Gasteiger partial charge in [-0.25, -0.2) is 0 Å². The van der Waals surface area contributed by atoms with E-state index in [4.69, 9.17) is 14.6 Å². The lowest BCUT2D eigenvalue weighted by Crippen LogP contribution is -1.85. The second-order valence-electron chi connectivity index (χ2n) is 2.35. The largest absolute Gasteiger partial charge is 0.497 e. The SMILES string of the molecule is COc1ccc(O/C=C\CO)cc1. The number of benzene rings is 1. The van der Waals surface area contributed by atoms with Crippen LogP contribution in [0.5, 0.6) is 11.5 Å². The Labute approximate surface area is 77.2 Å². The predicted octanol–water partition coefficient (Wildman–Crippen LogP) is 1.58. The fourth-order valence-electron chi connectivity index (χ4n) is 0.824. The van der Waals surface area contributed by atoms with Gasteiger partial charge in [0.25, 0.3) is 0 Å². The molecule has 0 unspecified atom stereocenters. The molecule has 13 heavy (non-hydrogen) atoms. The molecule has 0 radical (unpaired) electrons. The highest BCUT2D eigenvalue weighted by atomic mass is 16.5. The molecule has 1 aromatic rings. The molecule has 0 spiro atoms. The Morgan fingerprint density at radius 1 is 1.23 bits per heavy atom.